The Morgan fingerprint density at radius 2 is 2.54 bits per heavy atom. The largest absolute Gasteiger partial charge is 0.381 e. The van der Waals surface area contributed by atoms with Crippen LogP contribution in [0.1, 0.15) is 20.3 Å². The van der Waals surface area contributed by atoms with E-state index in [1.807, 2.05) is 6.92 Å². The number of nitrogens with two attached hydrogens (primary N) is 1. The summed E-state index contributed by atoms with van der Waals surface area (Å²) in [4.78, 5) is 4.08. The highest BCUT2D eigenvalue weighted by atomic mass is 16.5. The Labute approximate surface area is 79.6 Å². The lowest BCUT2D eigenvalue weighted by Gasteiger charge is -2.19. The number of nitrogens with zero attached hydrogens (tertiary/aromatic N) is 1. The molecule has 1 heterocycles. The van der Waals surface area contributed by atoms with Gasteiger partial charge in [0.05, 0.1) is 6.61 Å². The molecular weight excluding hydrogens is 166 g/mol. The molecule has 0 radical (unpaired) electrons. The second kappa shape index (κ2) is 5.07. The Morgan fingerprint density at radius 3 is 3.08 bits per heavy atom. The summed E-state index contributed by atoms with van der Waals surface area (Å²) in [6.45, 7) is 6.54. The Balaban J connectivity index is 2.30. The second-order valence-electron chi connectivity index (χ2n) is 3.42. The van der Waals surface area contributed by atoms with E-state index in [1.54, 1.807) is 0 Å². The fourth-order valence-electron chi connectivity index (χ4n) is 1.51. The standard InChI is InChI=1S/C9H19N3O/c1-3-11-9(10)12-7(2)8-4-5-13-6-8/h7-8H,3-6H2,1-2H3,(H3,10,11,12). The van der Waals surface area contributed by atoms with Gasteiger partial charge in [0.25, 0.3) is 0 Å². The van der Waals surface area contributed by atoms with Crippen LogP contribution in [0.25, 0.3) is 0 Å². The first-order valence-corrected chi connectivity index (χ1v) is 4.88. The molecule has 4 heteroatoms. The summed E-state index contributed by atoms with van der Waals surface area (Å²) in [5, 5.41) is 3.17. The summed E-state index contributed by atoms with van der Waals surface area (Å²) in [5.74, 6) is 1.12. The van der Waals surface area contributed by atoms with Crippen molar-refractivity contribution in [3.8, 4) is 0 Å². The van der Waals surface area contributed by atoms with Crippen molar-refractivity contribution in [3.05, 3.63) is 0 Å². The molecule has 2 atom stereocenters. The quantitative estimate of drug-likeness (QED) is 0.492. The van der Waals surface area contributed by atoms with Crippen LogP contribution in [-0.4, -0.2) is 31.8 Å². The Hall–Kier alpha value is -0.770. The Kier molecular flexibility index (Phi) is 4.02. The number of hydrogen-bond donors (Lipinski definition) is 2. The van der Waals surface area contributed by atoms with Crippen molar-refractivity contribution in [1.82, 2.24) is 5.32 Å². The molecule has 0 bridgehead atoms. The predicted octanol–water partition coefficient (Wildman–Crippen LogP) is 0.336. The third-order valence-corrected chi connectivity index (χ3v) is 2.38. The van der Waals surface area contributed by atoms with Crippen LogP contribution >= 0.6 is 0 Å². The molecular formula is C9H19N3O. The zero-order chi connectivity index (χ0) is 9.68. The van der Waals surface area contributed by atoms with E-state index in [2.05, 4.69) is 17.2 Å². The van der Waals surface area contributed by atoms with Gasteiger partial charge in [0.15, 0.2) is 5.96 Å². The Bertz CT molecular complexity index is 176. The van der Waals surface area contributed by atoms with Gasteiger partial charge in [-0.1, -0.05) is 0 Å². The van der Waals surface area contributed by atoms with Gasteiger partial charge in [0.2, 0.25) is 0 Å². The molecule has 0 aromatic heterocycles. The van der Waals surface area contributed by atoms with Crippen molar-refractivity contribution in [2.75, 3.05) is 19.8 Å². The van der Waals surface area contributed by atoms with Crippen molar-refractivity contribution in [3.63, 3.8) is 0 Å². The average Bonchev–Trinajstić information content (AvgIpc) is 2.55. The molecule has 1 aliphatic heterocycles. The van der Waals surface area contributed by atoms with Crippen LogP contribution in [0, 0.1) is 5.92 Å². The summed E-state index contributed by atoms with van der Waals surface area (Å²) in [6, 6.07) is 0.359. The molecule has 1 rings (SSSR count). The minimum Gasteiger partial charge on any atom is -0.381 e. The first-order chi connectivity index (χ1) is 6.24. The van der Waals surface area contributed by atoms with Gasteiger partial charge in [-0.2, -0.15) is 0 Å². The molecule has 0 aliphatic carbocycles. The minimum absolute atomic E-state index is 0.359. The molecule has 13 heavy (non-hydrogen) atoms. The molecule has 3 N–H and O–H groups in total. The maximum Gasteiger partial charge on any atom is 0.188 e. The fourth-order valence-corrected chi connectivity index (χ4v) is 1.51. The van der Waals surface area contributed by atoms with Crippen LogP contribution in [0.3, 0.4) is 0 Å². The van der Waals surface area contributed by atoms with Gasteiger partial charge in [-0.25, -0.2) is 0 Å². The summed E-state index contributed by atoms with van der Waals surface area (Å²) in [5.41, 5.74) is 5.65. The van der Waals surface area contributed by atoms with E-state index in [0.717, 1.165) is 26.2 Å². The smallest absolute Gasteiger partial charge is 0.188 e. The Morgan fingerprint density at radius 1 is 1.77 bits per heavy atom. The van der Waals surface area contributed by atoms with Crippen molar-refractivity contribution in [2.45, 2.75) is 26.3 Å². The highest BCUT2D eigenvalue weighted by Gasteiger charge is 2.22. The zero-order valence-electron chi connectivity index (χ0n) is 8.42. The van der Waals surface area contributed by atoms with Gasteiger partial charge in [0.1, 0.15) is 0 Å². The maximum atomic E-state index is 5.65. The third-order valence-electron chi connectivity index (χ3n) is 2.38. The van der Waals surface area contributed by atoms with Crippen LogP contribution in [0.5, 0.6) is 0 Å². The highest BCUT2D eigenvalue weighted by Crippen LogP contribution is 2.15. The van der Waals surface area contributed by atoms with E-state index in [9.17, 15) is 0 Å². The van der Waals surface area contributed by atoms with Crippen molar-refractivity contribution in [2.24, 2.45) is 16.6 Å². The summed E-state index contributed by atoms with van der Waals surface area (Å²) in [6.07, 6.45) is 1.12. The van der Waals surface area contributed by atoms with Crippen LogP contribution in [0.4, 0.5) is 0 Å². The lowest BCUT2D eigenvalue weighted by Crippen LogP contribution is -2.42. The van der Waals surface area contributed by atoms with Gasteiger partial charge in [-0.15, -0.1) is 0 Å². The molecule has 76 valence electrons. The third kappa shape index (κ3) is 3.22. The van der Waals surface area contributed by atoms with Crippen molar-refractivity contribution in [1.29, 1.82) is 0 Å². The SMILES string of the molecule is CCN=C(N)NC(C)C1CCOC1. The van der Waals surface area contributed by atoms with Crippen LogP contribution in [0.2, 0.25) is 0 Å². The number of rotatable bonds is 3. The van der Waals surface area contributed by atoms with Gasteiger partial charge in [-0.05, 0) is 20.3 Å². The molecule has 2 unspecified atom stereocenters. The van der Waals surface area contributed by atoms with Gasteiger partial charge in [0, 0.05) is 25.1 Å². The number of aliphatic imine (C=N–C) groups is 1. The maximum absolute atomic E-state index is 5.65. The first-order valence-electron chi connectivity index (χ1n) is 4.88. The monoisotopic (exact) mass is 185 g/mol. The second-order valence-corrected chi connectivity index (χ2v) is 3.42. The molecule has 1 aliphatic rings. The molecule has 0 aromatic carbocycles. The predicted molar refractivity (Wildman–Crippen MR) is 53.7 cm³/mol. The lowest BCUT2D eigenvalue weighted by atomic mass is 10.0. The number of nitrogens with one attached hydrogen (secondary N) is 1. The summed E-state index contributed by atoms with van der Waals surface area (Å²) < 4.78 is 5.30. The molecule has 0 aromatic rings. The van der Waals surface area contributed by atoms with E-state index in [4.69, 9.17) is 10.5 Å². The van der Waals surface area contributed by atoms with Crippen LogP contribution in [-0.2, 0) is 4.74 Å². The topological polar surface area (TPSA) is 59.6 Å². The number of guanidine groups is 1. The van der Waals surface area contributed by atoms with Gasteiger partial charge in [-0.3, -0.25) is 4.99 Å². The molecule has 0 amide bonds. The van der Waals surface area contributed by atoms with Crippen LogP contribution in [0.15, 0.2) is 4.99 Å². The van der Waals surface area contributed by atoms with E-state index >= 15 is 0 Å². The van der Waals surface area contributed by atoms with Gasteiger partial charge < -0.3 is 15.8 Å². The lowest BCUT2D eigenvalue weighted by molar-refractivity contribution is 0.180. The summed E-state index contributed by atoms with van der Waals surface area (Å²) >= 11 is 0. The molecule has 4 nitrogen and oxygen atoms in total. The molecule has 1 saturated heterocycles. The summed E-state index contributed by atoms with van der Waals surface area (Å²) in [7, 11) is 0. The average molecular weight is 185 g/mol. The fraction of sp³-hybridized carbons (Fsp3) is 0.889. The molecule has 0 saturated carbocycles. The molecule has 1 fully saturated rings. The molecule has 0 spiro atoms. The highest BCUT2D eigenvalue weighted by molar-refractivity contribution is 5.78. The van der Waals surface area contributed by atoms with E-state index in [0.29, 0.717) is 17.9 Å². The minimum atomic E-state index is 0.359. The van der Waals surface area contributed by atoms with E-state index in [1.165, 1.54) is 0 Å². The van der Waals surface area contributed by atoms with Crippen LogP contribution < -0.4 is 11.1 Å². The zero-order valence-corrected chi connectivity index (χ0v) is 8.42. The van der Waals surface area contributed by atoms with Gasteiger partial charge >= 0.3 is 0 Å². The van der Waals surface area contributed by atoms with Crippen molar-refractivity contribution >= 4 is 5.96 Å². The van der Waals surface area contributed by atoms with E-state index < -0.39 is 0 Å². The van der Waals surface area contributed by atoms with Crippen molar-refractivity contribution < 1.29 is 4.74 Å². The first kappa shape index (κ1) is 10.3. The number of ether oxygens (including phenoxy) is 1. The normalized spacial score (nSPS) is 26.0. The van der Waals surface area contributed by atoms with E-state index in [-0.39, 0.29) is 0 Å². The number of hydrogen-bond acceptors (Lipinski definition) is 2.